The van der Waals surface area contributed by atoms with Crippen molar-refractivity contribution in [2.75, 3.05) is 11.5 Å². The van der Waals surface area contributed by atoms with Crippen molar-refractivity contribution in [2.24, 2.45) is 0 Å². The van der Waals surface area contributed by atoms with Crippen LogP contribution < -0.4 is 5.73 Å². The average molecular weight is 198 g/mol. The molecule has 72 valence electrons. The molecule has 0 aromatic carbocycles. The third-order valence-electron chi connectivity index (χ3n) is 2.35. The minimum Gasteiger partial charge on any atom is -0.367 e. The van der Waals surface area contributed by atoms with Gasteiger partial charge in [-0.2, -0.15) is 11.8 Å². The minimum atomic E-state index is 0.333. The predicted octanol–water partition coefficient (Wildman–Crippen LogP) is 1.15. The number of nitrogens with zero attached hydrogens (tertiary/aromatic N) is 3. The highest BCUT2D eigenvalue weighted by molar-refractivity contribution is 8.00. The van der Waals surface area contributed by atoms with Gasteiger partial charge >= 0.3 is 0 Å². The van der Waals surface area contributed by atoms with Gasteiger partial charge in [0.1, 0.15) is 6.33 Å². The maximum atomic E-state index is 5.45. The third-order valence-corrected chi connectivity index (χ3v) is 3.87. The predicted molar refractivity (Wildman–Crippen MR) is 54.5 cm³/mol. The molecule has 4 nitrogen and oxygen atoms in total. The molecule has 1 aliphatic heterocycles. The zero-order valence-electron chi connectivity index (χ0n) is 7.73. The van der Waals surface area contributed by atoms with Crippen molar-refractivity contribution in [3.05, 3.63) is 6.33 Å². The number of nitrogens with two attached hydrogens (primary N) is 1. The highest BCUT2D eigenvalue weighted by atomic mass is 32.2. The van der Waals surface area contributed by atoms with Crippen molar-refractivity contribution < 1.29 is 0 Å². The maximum Gasteiger partial charge on any atom is 0.239 e. The monoisotopic (exact) mass is 198 g/mol. The molecular formula is C8H14N4S. The molecule has 1 fully saturated rings. The van der Waals surface area contributed by atoms with Crippen LogP contribution in [0.4, 0.5) is 5.95 Å². The van der Waals surface area contributed by atoms with Gasteiger partial charge in [-0.3, -0.25) is 0 Å². The van der Waals surface area contributed by atoms with Crippen molar-refractivity contribution in [1.82, 2.24) is 14.8 Å². The van der Waals surface area contributed by atoms with Crippen LogP contribution in [0.25, 0.3) is 0 Å². The van der Waals surface area contributed by atoms with Gasteiger partial charge < -0.3 is 5.73 Å². The molecule has 0 spiro atoms. The molecular weight excluding hydrogens is 184 g/mol. The third kappa shape index (κ3) is 1.96. The first-order valence-electron chi connectivity index (χ1n) is 4.47. The van der Waals surface area contributed by atoms with E-state index >= 15 is 0 Å². The van der Waals surface area contributed by atoms with Crippen LogP contribution in [-0.4, -0.2) is 25.3 Å². The van der Waals surface area contributed by atoms with E-state index in [2.05, 4.69) is 17.0 Å². The molecule has 2 heterocycles. The number of aromatic nitrogens is 3. The van der Waals surface area contributed by atoms with Gasteiger partial charge in [-0.05, 0) is 25.5 Å². The summed E-state index contributed by atoms with van der Waals surface area (Å²) in [6.07, 6.45) is 4.28. The number of hydrogen-bond acceptors (Lipinski definition) is 4. The first kappa shape index (κ1) is 8.87. The lowest BCUT2D eigenvalue weighted by Crippen LogP contribution is -2.24. The van der Waals surface area contributed by atoms with Crippen LogP contribution in [0.1, 0.15) is 19.8 Å². The van der Waals surface area contributed by atoms with Crippen LogP contribution in [0.2, 0.25) is 0 Å². The fourth-order valence-corrected chi connectivity index (χ4v) is 2.98. The Hall–Kier alpha value is -0.710. The lowest BCUT2D eigenvalue weighted by atomic mass is 10.1. The van der Waals surface area contributed by atoms with E-state index in [0.29, 0.717) is 10.7 Å². The SMILES string of the molecule is CC1(Cn2cnc(N)n2)CCCS1. The molecule has 0 amide bonds. The van der Waals surface area contributed by atoms with E-state index in [0.717, 1.165) is 6.54 Å². The van der Waals surface area contributed by atoms with Crippen molar-refractivity contribution in [1.29, 1.82) is 0 Å². The van der Waals surface area contributed by atoms with Crippen LogP contribution in [0.3, 0.4) is 0 Å². The summed E-state index contributed by atoms with van der Waals surface area (Å²) in [7, 11) is 0. The average Bonchev–Trinajstić information content (AvgIpc) is 2.62. The molecule has 0 aliphatic carbocycles. The molecule has 1 aliphatic rings. The Labute approximate surface area is 81.9 Å². The van der Waals surface area contributed by atoms with E-state index in [1.807, 2.05) is 16.4 Å². The van der Waals surface area contributed by atoms with E-state index in [4.69, 9.17) is 5.73 Å². The quantitative estimate of drug-likeness (QED) is 0.774. The number of nitrogen functional groups attached to an aromatic ring is 1. The summed E-state index contributed by atoms with van der Waals surface area (Å²) in [6, 6.07) is 0. The lowest BCUT2D eigenvalue weighted by Gasteiger charge is -2.21. The van der Waals surface area contributed by atoms with E-state index in [1.165, 1.54) is 18.6 Å². The topological polar surface area (TPSA) is 56.7 Å². The molecule has 5 heteroatoms. The summed E-state index contributed by atoms with van der Waals surface area (Å²) in [6.45, 7) is 3.20. The first-order valence-corrected chi connectivity index (χ1v) is 5.45. The van der Waals surface area contributed by atoms with Crippen molar-refractivity contribution >= 4 is 17.7 Å². The minimum absolute atomic E-state index is 0.333. The molecule has 0 saturated carbocycles. The molecule has 2 rings (SSSR count). The van der Waals surface area contributed by atoms with E-state index in [-0.39, 0.29) is 0 Å². The molecule has 1 aromatic heterocycles. The van der Waals surface area contributed by atoms with Crippen LogP contribution in [0, 0.1) is 0 Å². The van der Waals surface area contributed by atoms with Crippen molar-refractivity contribution in [3.63, 3.8) is 0 Å². The molecule has 1 saturated heterocycles. The Morgan fingerprint density at radius 3 is 3.15 bits per heavy atom. The van der Waals surface area contributed by atoms with E-state index in [9.17, 15) is 0 Å². The van der Waals surface area contributed by atoms with Gasteiger partial charge in [-0.15, -0.1) is 5.10 Å². The second-order valence-corrected chi connectivity index (χ2v) is 5.38. The van der Waals surface area contributed by atoms with Crippen LogP contribution in [0.15, 0.2) is 6.33 Å². The summed E-state index contributed by atoms with van der Waals surface area (Å²) in [5, 5.41) is 4.09. The molecule has 1 unspecified atom stereocenters. The first-order chi connectivity index (χ1) is 6.18. The zero-order chi connectivity index (χ0) is 9.31. The van der Waals surface area contributed by atoms with E-state index in [1.54, 1.807) is 6.33 Å². The number of anilines is 1. The molecule has 13 heavy (non-hydrogen) atoms. The van der Waals surface area contributed by atoms with Crippen LogP contribution in [0.5, 0.6) is 0 Å². The Balaban J connectivity index is 2.04. The van der Waals surface area contributed by atoms with E-state index < -0.39 is 0 Å². The van der Waals surface area contributed by atoms with Gasteiger partial charge in [0.05, 0.1) is 6.54 Å². The fourth-order valence-electron chi connectivity index (χ4n) is 1.69. The van der Waals surface area contributed by atoms with Gasteiger partial charge in [-0.1, -0.05) is 0 Å². The molecule has 0 bridgehead atoms. The van der Waals surface area contributed by atoms with Gasteiger partial charge in [0, 0.05) is 4.75 Å². The fraction of sp³-hybridized carbons (Fsp3) is 0.750. The summed E-state index contributed by atoms with van der Waals surface area (Å²) >= 11 is 2.02. The van der Waals surface area contributed by atoms with Gasteiger partial charge in [0.2, 0.25) is 5.95 Å². The summed E-state index contributed by atoms with van der Waals surface area (Å²) < 4.78 is 2.17. The molecule has 2 N–H and O–H groups in total. The van der Waals surface area contributed by atoms with Gasteiger partial charge in [0.15, 0.2) is 0 Å². The molecule has 0 radical (unpaired) electrons. The highest BCUT2D eigenvalue weighted by Crippen LogP contribution is 2.38. The Bertz CT molecular complexity index is 290. The summed E-state index contributed by atoms with van der Waals surface area (Å²) in [5.41, 5.74) is 5.45. The molecule has 1 aromatic rings. The second-order valence-electron chi connectivity index (χ2n) is 3.70. The van der Waals surface area contributed by atoms with Crippen molar-refractivity contribution in [3.8, 4) is 0 Å². The lowest BCUT2D eigenvalue weighted by molar-refractivity contribution is 0.477. The normalized spacial score (nSPS) is 28.1. The summed E-state index contributed by atoms with van der Waals surface area (Å²) in [4.78, 5) is 3.91. The zero-order valence-corrected chi connectivity index (χ0v) is 8.55. The van der Waals surface area contributed by atoms with Crippen LogP contribution >= 0.6 is 11.8 Å². The van der Waals surface area contributed by atoms with Gasteiger partial charge in [-0.25, -0.2) is 9.67 Å². The largest absolute Gasteiger partial charge is 0.367 e. The second kappa shape index (κ2) is 3.21. The maximum absolute atomic E-state index is 5.45. The van der Waals surface area contributed by atoms with Crippen molar-refractivity contribution in [2.45, 2.75) is 31.1 Å². The van der Waals surface area contributed by atoms with Gasteiger partial charge in [0.25, 0.3) is 0 Å². The standard InChI is InChI=1S/C8H14N4S/c1-8(3-2-4-13-8)5-12-6-10-7(9)11-12/h6H,2-5H2,1H3,(H2,9,11). The smallest absolute Gasteiger partial charge is 0.239 e. The highest BCUT2D eigenvalue weighted by Gasteiger charge is 2.30. The van der Waals surface area contributed by atoms with Crippen LogP contribution in [-0.2, 0) is 6.54 Å². The number of rotatable bonds is 2. The number of hydrogen-bond donors (Lipinski definition) is 1. The molecule has 1 atom stereocenters. The Morgan fingerprint density at radius 1 is 1.77 bits per heavy atom. The Morgan fingerprint density at radius 2 is 2.62 bits per heavy atom. The number of thioether (sulfide) groups is 1. The Kier molecular flexibility index (Phi) is 2.19. The summed E-state index contributed by atoms with van der Waals surface area (Å²) in [5.74, 6) is 1.63.